The number of hydrogen-bond acceptors (Lipinski definition) is 1. The monoisotopic (exact) mass is 162 g/mol. The van der Waals surface area contributed by atoms with Gasteiger partial charge >= 0.3 is 0 Å². The van der Waals surface area contributed by atoms with E-state index in [1.807, 2.05) is 0 Å². The first-order valence-electron chi connectivity index (χ1n) is 3.35. The van der Waals surface area contributed by atoms with Gasteiger partial charge in [-0.1, -0.05) is 21.3 Å². The molecule has 2 heteroatoms. The summed E-state index contributed by atoms with van der Waals surface area (Å²) in [5.41, 5.74) is 0. The van der Waals surface area contributed by atoms with Crippen molar-refractivity contribution in [2.75, 3.05) is 6.61 Å². The SMILES string of the molecule is C.C.C[Si]1(C)CCCCO1. The summed E-state index contributed by atoms with van der Waals surface area (Å²) in [5.74, 6) is 0. The molecule has 0 aromatic rings. The molecule has 1 saturated heterocycles. The van der Waals surface area contributed by atoms with E-state index in [1.54, 1.807) is 0 Å². The largest absolute Gasteiger partial charge is 0.417 e. The second kappa shape index (κ2) is 4.91. The molecule has 1 aliphatic heterocycles. The highest BCUT2D eigenvalue weighted by atomic mass is 28.4. The zero-order valence-electron chi connectivity index (χ0n) is 5.74. The van der Waals surface area contributed by atoms with Gasteiger partial charge in [0.25, 0.3) is 0 Å². The Hall–Kier alpha value is 0.177. The average molecular weight is 162 g/mol. The smallest absolute Gasteiger partial charge is 0.186 e. The quantitative estimate of drug-likeness (QED) is 0.497. The Balaban J connectivity index is 0. The maximum Gasteiger partial charge on any atom is 0.186 e. The lowest BCUT2D eigenvalue weighted by molar-refractivity contribution is 0.275. The molecular weight excluding hydrogens is 140 g/mol. The molecule has 10 heavy (non-hydrogen) atoms. The predicted molar refractivity (Wildman–Crippen MR) is 50.9 cm³/mol. The summed E-state index contributed by atoms with van der Waals surface area (Å²) in [6.07, 6.45) is 2.69. The molecule has 0 amide bonds. The van der Waals surface area contributed by atoms with Crippen LogP contribution in [0.5, 0.6) is 0 Å². The van der Waals surface area contributed by atoms with Gasteiger partial charge in [-0.15, -0.1) is 0 Å². The molecule has 0 spiro atoms. The van der Waals surface area contributed by atoms with Crippen LogP contribution in [0.25, 0.3) is 0 Å². The van der Waals surface area contributed by atoms with Crippen LogP contribution < -0.4 is 0 Å². The highest BCUT2D eigenvalue weighted by molar-refractivity contribution is 6.71. The molecular formula is C8H22OSi. The van der Waals surface area contributed by atoms with Gasteiger partial charge in [0, 0.05) is 6.61 Å². The maximum atomic E-state index is 5.60. The van der Waals surface area contributed by atoms with Gasteiger partial charge in [-0.25, -0.2) is 0 Å². The molecule has 0 radical (unpaired) electrons. The fourth-order valence-electron chi connectivity index (χ4n) is 1.07. The predicted octanol–water partition coefficient (Wildman–Crippen LogP) is 3.27. The van der Waals surface area contributed by atoms with Crippen molar-refractivity contribution in [2.45, 2.75) is 46.8 Å². The molecule has 0 N–H and O–H groups in total. The lowest BCUT2D eigenvalue weighted by Gasteiger charge is -2.27. The van der Waals surface area contributed by atoms with Crippen LogP contribution in [0.3, 0.4) is 0 Å². The van der Waals surface area contributed by atoms with E-state index in [-0.39, 0.29) is 14.9 Å². The Bertz CT molecular complexity index is 73.3. The molecule has 1 aliphatic rings. The lowest BCUT2D eigenvalue weighted by Crippen LogP contribution is -2.33. The van der Waals surface area contributed by atoms with Crippen molar-refractivity contribution in [3.63, 3.8) is 0 Å². The Morgan fingerprint density at radius 1 is 1.10 bits per heavy atom. The molecule has 0 aromatic carbocycles. The van der Waals surface area contributed by atoms with Crippen LogP contribution in [0.4, 0.5) is 0 Å². The first-order valence-corrected chi connectivity index (χ1v) is 6.46. The highest BCUT2D eigenvalue weighted by Crippen LogP contribution is 2.20. The molecule has 0 saturated carbocycles. The van der Waals surface area contributed by atoms with E-state index in [0.717, 1.165) is 6.61 Å². The first-order chi connectivity index (χ1) is 3.71. The van der Waals surface area contributed by atoms with E-state index in [4.69, 9.17) is 4.43 Å². The van der Waals surface area contributed by atoms with E-state index in [2.05, 4.69) is 13.1 Å². The Morgan fingerprint density at radius 3 is 1.90 bits per heavy atom. The fourth-order valence-corrected chi connectivity index (χ4v) is 3.02. The maximum absolute atomic E-state index is 5.60. The van der Waals surface area contributed by atoms with Crippen molar-refractivity contribution in [2.24, 2.45) is 0 Å². The molecule has 1 rings (SSSR count). The van der Waals surface area contributed by atoms with Gasteiger partial charge < -0.3 is 4.43 Å². The summed E-state index contributed by atoms with van der Waals surface area (Å²) in [6, 6.07) is 1.37. The van der Waals surface area contributed by atoms with Gasteiger partial charge in [0.1, 0.15) is 0 Å². The molecule has 0 atom stereocenters. The minimum absolute atomic E-state index is 0. The van der Waals surface area contributed by atoms with Gasteiger partial charge in [0.05, 0.1) is 0 Å². The molecule has 0 aromatic heterocycles. The fraction of sp³-hybridized carbons (Fsp3) is 1.00. The minimum Gasteiger partial charge on any atom is -0.417 e. The van der Waals surface area contributed by atoms with E-state index < -0.39 is 8.32 Å². The van der Waals surface area contributed by atoms with Crippen LogP contribution in [0.15, 0.2) is 0 Å². The van der Waals surface area contributed by atoms with Gasteiger partial charge in [0.2, 0.25) is 0 Å². The van der Waals surface area contributed by atoms with E-state index in [1.165, 1.54) is 18.9 Å². The zero-order chi connectivity index (χ0) is 6.04. The van der Waals surface area contributed by atoms with Gasteiger partial charge in [-0.05, 0) is 25.6 Å². The van der Waals surface area contributed by atoms with E-state index >= 15 is 0 Å². The third-order valence-corrected chi connectivity index (χ3v) is 4.21. The van der Waals surface area contributed by atoms with Crippen molar-refractivity contribution in [1.29, 1.82) is 0 Å². The Labute approximate surface area is 66.9 Å². The van der Waals surface area contributed by atoms with Crippen LogP contribution in [0.2, 0.25) is 19.1 Å². The lowest BCUT2D eigenvalue weighted by atomic mass is 10.4. The third-order valence-electron chi connectivity index (χ3n) is 1.67. The van der Waals surface area contributed by atoms with Crippen molar-refractivity contribution in [3.8, 4) is 0 Å². The van der Waals surface area contributed by atoms with Gasteiger partial charge in [0.15, 0.2) is 8.32 Å². The van der Waals surface area contributed by atoms with Crippen molar-refractivity contribution in [3.05, 3.63) is 0 Å². The molecule has 0 aliphatic carbocycles. The molecule has 0 unspecified atom stereocenters. The molecule has 1 nitrogen and oxygen atoms in total. The normalized spacial score (nSPS) is 22.2. The van der Waals surface area contributed by atoms with E-state index in [0.29, 0.717) is 0 Å². The number of hydrogen-bond donors (Lipinski definition) is 0. The minimum atomic E-state index is -1.09. The summed E-state index contributed by atoms with van der Waals surface area (Å²) in [5, 5.41) is 0. The summed E-state index contributed by atoms with van der Waals surface area (Å²) in [6.45, 7) is 5.62. The average Bonchev–Trinajstić information content (AvgIpc) is 1.65. The summed E-state index contributed by atoms with van der Waals surface area (Å²) < 4.78 is 5.60. The van der Waals surface area contributed by atoms with Gasteiger partial charge in [-0.3, -0.25) is 0 Å². The molecule has 1 fully saturated rings. The van der Waals surface area contributed by atoms with Crippen LogP contribution in [0.1, 0.15) is 27.7 Å². The standard InChI is InChI=1S/C6H14OSi.2CH4/c1-8(2)6-4-3-5-7-8;;/h3-6H2,1-2H3;2*1H4. The van der Waals surface area contributed by atoms with Crippen molar-refractivity contribution in [1.82, 2.24) is 0 Å². The second-order valence-corrected chi connectivity index (χ2v) is 7.37. The van der Waals surface area contributed by atoms with Crippen LogP contribution >= 0.6 is 0 Å². The van der Waals surface area contributed by atoms with Crippen molar-refractivity contribution < 1.29 is 4.43 Å². The zero-order valence-corrected chi connectivity index (χ0v) is 6.74. The third kappa shape index (κ3) is 4.07. The molecule has 0 bridgehead atoms. The van der Waals surface area contributed by atoms with Gasteiger partial charge in [-0.2, -0.15) is 0 Å². The van der Waals surface area contributed by atoms with E-state index in [9.17, 15) is 0 Å². The number of rotatable bonds is 0. The van der Waals surface area contributed by atoms with Crippen LogP contribution in [0, 0.1) is 0 Å². The Morgan fingerprint density at radius 2 is 1.70 bits per heavy atom. The topological polar surface area (TPSA) is 9.23 Å². The molecule has 64 valence electrons. The Kier molecular flexibility index (Phi) is 6.30. The highest BCUT2D eigenvalue weighted by Gasteiger charge is 2.24. The summed E-state index contributed by atoms with van der Waals surface area (Å²) in [7, 11) is -1.09. The van der Waals surface area contributed by atoms with Crippen LogP contribution in [-0.4, -0.2) is 14.9 Å². The summed E-state index contributed by atoms with van der Waals surface area (Å²) in [4.78, 5) is 0. The summed E-state index contributed by atoms with van der Waals surface area (Å²) >= 11 is 0. The molecule has 1 heterocycles. The van der Waals surface area contributed by atoms with Crippen LogP contribution in [-0.2, 0) is 4.43 Å². The first kappa shape index (κ1) is 12.8. The van der Waals surface area contributed by atoms with Crippen molar-refractivity contribution >= 4 is 8.32 Å². The second-order valence-electron chi connectivity index (χ2n) is 3.07.